The topological polar surface area (TPSA) is 63.1 Å². The Morgan fingerprint density at radius 1 is 1.35 bits per heavy atom. The molecule has 1 amide bonds. The third kappa shape index (κ3) is 3.55. The number of likely N-dealkylation sites (tertiary alicyclic amines) is 1. The van der Waals surface area contributed by atoms with E-state index in [9.17, 15) is 22.4 Å². The molecule has 0 aliphatic carbocycles. The summed E-state index contributed by atoms with van der Waals surface area (Å²) in [6.07, 6.45) is -3.36. The summed E-state index contributed by atoms with van der Waals surface area (Å²) in [4.78, 5) is 14.0. The highest BCUT2D eigenvalue weighted by Gasteiger charge is 2.43. The Balaban J connectivity index is 2.01. The van der Waals surface area contributed by atoms with Gasteiger partial charge in [0, 0.05) is 19.1 Å². The lowest BCUT2D eigenvalue weighted by Gasteiger charge is -2.32. The van der Waals surface area contributed by atoms with E-state index in [0.29, 0.717) is 24.2 Å². The van der Waals surface area contributed by atoms with Gasteiger partial charge in [-0.05, 0) is 38.1 Å². The van der Waals surface area contributed by atoms with Crippen molar-refractivity contribution in [2.75, 3.05) is 20.1 Å². The first-order valence-electron chi connectivity index (χ1n) is 8.06. The number of alkyl halides is 3. The number of hydrogen-bond donors (Lipinski definition) is 1. The zero-order valence-electron chi connectivity index (χ0n) is 13.9. The predicted octanol–water partition coefficient (Wildman–Crippen LogP) is 2.25. The molecular weight excluding hydrogens is 354 g/mol. The fourth-order valence-corrected chi connectivity index (χ4v) is 3.02. The zero-order chi connectivity index (χ0) is 18.9. The van der Waals surface area contributed by atoms with Crippen LogP contribution in [0.1, 0.15) is 29.0 Å². The van der Waals surface area contributed by atoms with E-state index < -0.39 is 29.3 Å². The van der Waals surface area contributed by atoms with Crippen molar-refractivity contribution in [2.45, 2.75) is 25.1 Å². The summed E-state index contributed by atoms with van der Waals surface area (Å²) in [6.45, 7) is 0.639. The number of carbonyl (C=O) groups is 1. The van der Waals surface area contributed by atoms with Gasteiger partial charge in [-0.3, -0.25) is 4.79 Å². The van der Waals surface area contributed by atoms with Crippen LogP contribution in [0.15, 0.2) is 24.3 Å². The molecule has 140 valence electrons. The third-order valence-corrected chi connectivity index (χ3v) is 4.31. The van der Waals surface area contributed by atoms with Crippen LogP contribution in [-0.2, 0) is 6.18 Å². The molecule has 0 saturated carbocycles. The van der Waals surface area contributed by atoms with Crippen LogP contribution in [-0.4, -0.2) is 52.0 Å². The maximum Gasteiger partial charge on any atom is 0.435 e. The van der Waals surface area contributed by atoms with Crippen molar-refractivity contribution >= 4 is 5.91 Å². The van der Waals surface area contributed by atoms with Crippen LogP contribution < -0.4 is 5.32 Å². The SMILES string of the molecule is CNC1CCCN(C(=O)c2nnn(-c3cccc(F)c3)c2C(F)(F)F)C1. The fourth-order valence-electron chi connectivity index (χ4n) is 3.02. The van der Waals surface area contributed by atoms with Gasteiger partial charge in [0.15, 0.2) is 11.4 Å². The molecule has 1 unspecified atom stereocenters. The Morgan fingerprint density at radius 3 is 2.77 bits per heavy atom. The molecule has 2 heterocycles. The first-order chi connectivity index (χ1) is 12.3. The fraction of sp³-hybridized carbons (Fsp3) is 0.438. The minimum Gasteiger partial charge on any atom is -0.336 e. The molecule has 1 atom stereocenters. The van der Waals surface area contributed by atoms with Crippen LogP contribution in [0, 0.1) is 5.82 Å². The Labute approximate surface area is 146 Å². The molecule has 1 aromatic heterocycles. The van der Waals surface area contributed by atoms with Crippen LogP contribution in [0.25, 0.3) is 5.69 Å². The summed E-state index contributed by atoms with van der Waals surface area (Å²) >= 11 is 0. The normalized spacial score (nSPS) is 18.2. The molecule has 26 heavy (non-hydrogen) atoms. The van der Waals surface area contributed by atoms with E-state index in [1.807, 2.05) is 0 Å². The number of rotatable bonds is 3. The van der Waals surface area contributed by atoms with E-state index in [1.165, 1.54) is 17.0 Å². The molecular formula is C16H17F4N5O. The Hall–Kier alpha value is -2.49. The van der Waals surface area contributed by atoms with E-state index in [4.69, 9.17) is 0 Å². The molecule has 0 spiro atoms. The summed E-state index contributed by atoms with van der Waals surface area (Å²) in [7, 11) is 1.74. The number of benzene rings is 1. The van der Waals surface area contributed by atoms with E-state index in [0.717, 1.165) is 18.6 Å². The number of amides is 1. The standard InChI is InChI=1S/C16H17F4N5O/c1-21-11-5-3-7-24(9-11)15(26)13-14(16(18,19)20)25(23-22-13)12-6-2-4-10(17)8-12/h2,4,6,8,11,21H,3,5,7,9H2,1H3. The number of piperidine rings is 1. The van der Waals surface area contributed by atoms with Crippen molar-refractivity contribution in [1.29, 1.82) is 0 Å². The van der Waals surface area contributed by atoms with Gasteiger partial charge < -0.3 is 10.2 Å². The van der Waals surface area contributed by atoms with E-state index in [1.54, 1.807) is 7.05 Å². The summed E-state index contributed by atoms with van der Waals surface area (Å²) in [5, 5.41) is 9.96. The van der Waals surface area contributed by atoms with Gasteiger partial charge in [0.25, 0.3) is 5.91 Å². The van der Waals surface area contributed by atoms with Gasteiger partial charge in [0.1, 0.15) is 5.82 Å². The number of halogens is 4. The lowest BCUT2D eigenvalue weighted by Crippen LogP contribution is -2.47. The Morgan fingerprint density at radius 2 is 2.12 bits per heavy atom. The lowest BCUT2D eigenvalue weighted by atomic mass is 10.1. The number of nitrogens with zero attached hydrogens (tertiary/aromatic N) is 4. The van der Waals surface area contributed by atoms with Gasteiger partial charge >= 0.3 is 6.18 Å². The highest BCUT2D eigenvalue weighted by molar-refractivity contribution is 5.93. The van der Waals surface area contributed by atoms with Crippen molar-refractivity contribution in [2.24, 2.45) is 0 Å². The number of hydrogen-bond acceptors (Lipinski definition) is 4. The van der Waals surface area contributed by atoms with Gasteiger partial charge in [0.05, 0.1) is 5.69 Å². The molecule has 1 N–H and O–H groups in total. The molecule has 2 aromatic rings. The summed E-state index contributed by atoms with van der Waals surface area (Å²) in [6, 6.07) is 4.54. The van der Waals surface area contributed by atoms with Crippen molar-refractivity contribution in [3.63, 3.8) is 0 Å². The van der Waals surface area contributed by atoms with Crippen molar-refractivity contribution < 1.29 is 22.4 Å². The zero-order valence-corrected chi connectivity index (χ0v) is 13.9. The molecule has 1 aliphatic heterocycles. The second kappa shape index (κ2) is 7.02. The molecule has 3 rings (SSSR count). The Bertz CT molecular complexity index is 804. The summed E-state index contributed by atoms with van der Waals surface area (Å²) < 4.78 is 54.7. The van der Waals surface area contributed by atoms with Crippen LogP contribution in [0.5, 0.6) is 0 Å². The first-order valence-corrected chi connectivity index (χ1v) is 8.06. The first kappa shape index (κ1) is 18.3. The van der Waals surface area contributed by atoms with E-state index in [-0.39, 0.29) is 11.7 Å². The van der Waals surface area contributed by atoms with Gasteiger partial charge in [-0.15, -0.1) is 5.10 Å². The number of likely N-dealkylation sites (N-methyl/N-ethyl adjacent to an activating group) is 1. The molecule has 1 aromatic carbocycles. The maximum atomic E-state index is 13.6. The quantitative estimate of drug-likeness (QED) is 0.841. The van der Waals surface area contributed by atoms with Crippen molar-refractivity contribution in [3.05, 3.63) is 41.5 Å². The molecule has 6 nitrogen and oxygen atoms in total. The van der Waals surface area contributed by atoms with Crippen LogP contribution in [0.2, 0.25) is 0 Å². The average Bonchev–Trinajstić information content (AvgIpc) is 3.06. The number of carbonyl (C=O) groups excluding carboxylic acids is 1. The second-order valence-corrected chi connectivity index (χ2v) is 6.06. The monoisotopic (exact) mass is 371 g/mol. The van der Waals surface area contributed by atoms with E-state index in [2.05, 4.69) is 15.6 Å². The molecule has 1 aliphatic rings. The second-order valence-electron chi connectivity index (χ2n) is 6.06. The minimum absolute atomic E-state index is 0.0142. The number of nitrogens with one attached hydrogen (secondary N) is 1. The molecule has 1 fully saturated rings. The van der Waals surface area contributed by atoms with Gasteiger partial charge in [-0.1, -0.05) is 11.3 Å². The number of aromatic nitrogens is 3. The van der Waals surface area contributed by atoms with E-state index >= 15 is 0 Å². The van der Waals surface area contributed by atoms with Crippen molar-refractivity contribution in [3.8, 4) is 5.69 Å². The smallest absolute Gasteiger partial charge is 0.336 e. The summed E-state index contributed by atoms with van der Waals surface area (Å²) in [5.41, 5.74) is -2.24. The minimum atomic E-state index is -4.88. The largest absolute Gasteiger partial charge is 0.435 e. The van der Waals surface area contributed by atoms with Crippen LogP contribution in [0.4, 0.5) is 17.6 Å². The highest BCUT2D eigenvalue weighted by atomic mass is 19.4. The molecule has 0 radical (unpaired) electrons. The summed E-state index contributed by atoms with van der Waals surface area (Å²) in [5.74, 6) is -1.55. The maximum absolute atomic E-state index is 13.6. The highest BCUT2D eigenvalue weighted by Crippen LogP contribution is 2.33. The molecule has 1 saturated heterocycles. The van der Waals surface area contributed by atoms with Crippen LogP contribution >= 0.6 is 0 Å². The van der Waals surface area contributed by atoms with Crippen molar-refractivity contribution in [1.82, 2.24) is 25.2 Å². The average molecular weight is 371 g/mol. The van der Waals surface area contributed by atoms with Gasteiger partial charge in [-0.2, -0.15) is 13.2 Å². The lowest BCUT2D eigenvalue weighted by molar-refractivity contribution is -0.143. The molecule has 10 heteroatoms. The van der Waals surface area contributed by atoms with Gasteiger partial charge in [0.2, 0.25) is 0 Å². The molecule has 0 bridgehead atoms. The Kier molecular flexibility index (Phi) is 4.94. The van der Waals surface area contributed by atoms with Gasteiger partial charge in [-0.25, -0.2) is 9.07 Å². The third-order valence-electron chi connectivity index (χ3n) is 4.31. The van der Waals surface area contributed by atoms with Crippen LogP contribution in [0.3, 0.4) is 0 Å². The predicted molar refractivity (Wildman–Crippen MR) is 84.3 cm³/mol.